The van der Waals surface area contributed by atoms with Crippen LogP contribution >= 0.6 is 0 Å². The summed E-state index contributed by atoms with van der Waals surface area (Å²) in [4.78, 5) is 12.0. The zero-order valence-electron chi connectivity index (χ0n) is 10.9. The van der Waals surface area contributed by atoms with Crippen LogP contribution in [0.3, 0.4) is 0 Å². The van der Waals surface area contributed by atoms with E-state index in [9.17, 15) is 9.18 Å². The van der Waals surface area contributed by atoms with Crippen LogP contribution in [0.5, 0.6) is 0 Å². The van der Waals surface area contributed by atoms with Gasteiger partial charge in [-0.1, -0.05) is 38.8 Å². The van der Waals surface area contributed by atoms with Gasteiger partial charge in [-0.15, -0.1) is 0 Å². The summed E-state index contributed by atoms with van der Waals surface area (Å²) < 4.78 is 13.5. The molecule has 2 rings (SSSR count). The highest BCUT2D eigenvalue weighted by molar-refractivity contribution is 5.94. The number of hydrogen-bond acceptors (Lipinski definition) is 1. The van der Waals surface area contributed by atoms with E-state index in [1.165, 1.54) is 18.6 Å². The third-order valence-corrected chi connectivity index (χ3v) is 4.14. The number of hydrogen-bond donors (Lipinski definition) is 1. The van der Waals surface area contributed by atoms with E-state index in [0.29, 0.717) is 11.8 Å². The zero-order chi connectivity index (χ0) is 13.1. The largest absolute Gasteiger partial charge is 0.349 e. The molecule has 0 spiro atoms. The molecule has 1 aliphatic rings. The summed E-state index contributed by atoms with van der Waals surface area (Å²) in [5.41, 5.74) is 0.142. The van der Waals surface area contributed by atoms with Crippen molar-refractivity contribution in [3.05, 3.63) is 35.6 Å². The quantitative estimate of drug-likeness (QED) is 0.855. The molecule has 1 saturated carbocycles. The minimum atomic E-state index is -0.452. The van der Waals surface area contributed by atoms with Crippen molar-refractivity contribution in [3.8, 4) is 0 Å². The highest BCUT2D eigenvalue weighted by Gasteiger charge is 2.28. The van der Waals surface area contributed by atoms with Gasteiger partial charge in [-0.2, -0.15) is 0 Å². The summed E-state index contributed by atoms with van der Waals surface area (Å²) >= 11 is 0. The first-order valence-corrected chi connectivity index (χ1v) is 6.65. The van der Waals surface area contributed by atoms with Crippen molar-refractivity contribution in [1.29, 1.82) is 0 Å². The van der Waals surface area contributed by atoms with Crippen LogP contribution in [-0.4, -0.2) is 11.9 Å². The number of rotatable bonds is 2. The molecule has 18 heavy (non-hydrogen) atoms. The Hall–Kier alpha value is -1.38. The van der Waals surface area contributed by atoms with Crippen molar-refractivity contribution in [2.24, 2.45) is 11.8 Å². The standard InChI is InChI=1S/C15H20FNO/c1-10-6-5-9-14(11(10)2)17-15(18)12-7-3-4-8-13(12)16/h3-4,7-8,10-11,14H,5-6,9H2,1-2H3,(H,17,18)/t10-,11-,14-/m1/s1. The molecule has 3 atom stereocenters. The number of halogens is 1. The van der Waals surface area contributed by atoms with Gasteiger partial charge in [0.15, 0.2) is 0 Å². The van der Waals surface area contributed by atoms with Crippen LogP contribution in [0.25, 0.3) is 0 Å². The average molecular weight is 249 g/mol. The Morgan fingerprint density at radius 3 is 2.72 bits per heavy atom. The number of carbonyl (C=O) groups is 1. The van der Waals surface area contributed by atoms with Crippen molar-refractivity contribution >= 4 is 5.91 Å². The molecule has 0 aromatic heterocycles. The zero-order valence-corrected chi connectivity index (χ0v) is 10.9. The predicted molar refractivity (Wildman–Crippen MR) is 69.8 cm³/mol. The maximum Gasteiger partial charge on any atom is 0.254 e. The second-order valence-electron chi connectivity index (χ2n) is 5.33. The van der Waals surface area contributed by atoms with Crippen LogP contribution in [-0.2, 0) is 0 Å². The lowest BCUT2D eigenvalue weighted by Crippen LogP contribution is -2.43. The van der Waals surface area contributed by atoms with E-state index >= 15 is 0 Å². The monoisotopic (exact) mass is 249 g/mol. The second kappa shape index (κ2) is 5.51. The maximum absolute atomic E-state index is 13.5. The van der Waals surface area contributed by atoms with Gasteiger partial charge in [0, 0.05) is 6.04 Å². The van der Waals surface area contributed by atoms with Crippen LogP contribution in [0.15, 0.2) is 24.3 Å². The van der Waals surface area contributed by atoms with Crippen LogP contribution in [0, 0.1) is 17.7 Å². The molecule has 0 aliphatic heterocycles. The molecule has 1 fully saturated rings. The van der Waals surface area contributed by atoms with Gasteiger partial charge in [0.2, 0.25) is 0 Å². The highest BCUT2D eigenvalue weighted by Crippen LogP contribution is 2.29. The fourth-order valence-corrected chi connectivity index (χ4v) is 2.68. The predicted octanol–water partition coefficient (Wildman–Crippen LogP) is 3.38. The van der Waals surface area contributed by atoms with Crippen molar-refractivity contribution in [2.45, 2.75) is 39.2 Å². The fourth-order valence-electron chi connectivity index (χ4n) is 2.68. The lowest BCUT2D eigenvalue weighted by molar-refractivity contribution is 0.0887. The SMILES string of the molecule is C[C@@H]1[C@H](C)CCC[C@H]1NC(=O)c1ccccc1F. The Morgan fingerprint density at radius 1 is 1.28 bits per heavy atom. The molecule has 1 aliphatic carbocycles. The molecule has 0 radical (unpaired) electrons. The molecule has 1 aromatic rings. The summed E-state index contributed by atoms with van der Waals surface area (Å²) in [5.74, 6) is 0.324. The second-order valence-corrected chi connectivity index (χ2v) is 5.33. The van der Waals surface area contributed by atoms with Gasteiger partial charge in [0.1, 0.15) is 5.82 Å². The van der Waals surface area contributed by atoms with E-state index in [1.807, 2.05) is 0 Å². The van der Waals surface area contributed by atoms with Crippen LogP contribution in [0.1, 0.15) is 43.5 Å². The van der Waals surface area contributed by atoms with Crippen LogP contribution < -0.4 is 5.32 Å². The molecular weight excluding hydrogens is 229 g/mol. The minimum absolute atomic E-state index is 0.142. The molecule has 0 heterocycles. The van der Waals surface area contributed by atoms with Gasteiger partial charge < -0.3 is 5.32 Å². The van der Waals surface area contributed by atoms with E-state index in [2.05, 4.69) is 19.2 Å². The summed E-state index contributed by atoms with van der Waals surface area (Å²) in [6.07, 6.45) is 3.34. The Balaban J connectivity index is 2.05. The van der Waals surface area contributed by atoms with Gasteiger partial charge >= 0.3 is 0 Å². The highest BCUT2D eigenvalue weighted by atomic mass is 19.1. The van der Waals surface area contributed by atoms with Gasteiger partial charge in [-0.05, 0) is 30.4 Å². The first kappa shape index (κ1) is 13.1. The van der Waals surface area contributed by atoms with Gasteiger partial charge in [-0.3, -0.25) is 4.79 Å². The van der Waals surface area contributed by atoms with Crippen LogP contribution in [0.2, 0.25) is 0 Å². The Morgan fingerprint density at radius 2 is 2.00 bits per heavy atom. The molecule has 2 nitrogen and oxygen atoms in total. The van der Waals surface area contributed by atoms with Crippen molar-refractivity contribution in [3.63, 3.8) is 0 Å². The third kappa shape index (κ3) is 2.71. The van der Waals surface area contributed by atoms with E-state index in [0.717, 1.165) is 12.8 Å². The van der Waals surface area contributed by atoms with Crippen LogP contribution in [0.4, 0.5) is 4.39 Å². The normalized spacial score (nSPS) is 27.8. The number of amides is 1. The summed E-state index contributed by atoms with van der Waals surface area (Å²) in [6, 6.07) is 6.30. The van der Waals surface area contributed by atoms with Crippen molar-refractivity contribution < 1.29 is 9.18 Å². The lowest BCUT2D eigenvalue weighted by Gasteiger charge is -2.34. The molecule has 1 amide bonds. The lowest BCUT2D eigenvalue weighted by atomic mass is 9.78. The van der Waals surface area contributed by atoms with E-state index in [1.54, 1.807) is 12.1 Å². The summed E-state index contributed by atoms with van der Waals surface area (Å²) in [6.45, 7) is 4.38. The molecule has 0 saturated heterocycles. The molecule has 3 heteroatoms. The van der Waals surface area contributed by atoms with Gasteiger partial charge in [0.05, 0.1) is 5.56 Å². The topological polar surface area (TPSA) is 29.1 Å². The van der Waals surface area contributed by atoms with Gasteiger partial charge in [0.25, 0.3) is 5.91 Å². The first-order chi connectivity index (χ1) is 8.59. The molecule has 1 N–H and O–H groups in total. The molecule has 0 unspecified atom stereocenters. The summed E-state index contributed by atoms with van der Waals surface area (Å²) in [5, 5.41) is 2.98. The Bertz CT molecular complexity index is 432. The van der Waals surface area contributed by atoms with Gasteiger partial charge in [-0.25, -0.2) is 4.39 Å². The fraction of sp³-hybridized carbons (Fsp3) is 0.533. The average Bonchev–Trinajstić information content (AvgIpc) is 2.35. The maximum atomic E-state index is 13.5. The number of benzene rings is 1. The molecule has 0 bridgehead atoms. The molecule has 98 valence electrons. The van der Waals surface area contributed by atoms with E-state index < -0.39 is 5.82 Å². The summed E-state index contributed by atoms with van der Waals surface area (Å²) in [7, 11) is 0. The Labute approximate surface area is 108 Å². The third-order valence-electron chi connectivity index (χ3n) is 4.14. The smallest absolute Gasteiger partial charge is 0.254 e. The number of nitrogens with one attached hydrogen (secondary N) is 1. The van der Waals surface area contributed by atoms with E-state index in [-0.39, 0.29) is 17.5 Å². The van der Waals surface area contributed by atoms with E-state index in [4.69, 9.17) is 0 Å². The van der Waals surface area contributed by atoms with Crippen molar-refractivity contribution in [1.82, 2.24) is 5.32 Å². The number of carbonyl (C=O) groups excluding carboxylic acids is 1. The first-order valence-electron chi connectivity index (χ1n) is 6.65. The van der Waals surface area contributed by atoms with Crippen molar-refractivity contribution in [2.75, 3.05) is 0 Å². The molecule has 1 aromatic carbocycles. The Kier molecular flexibility index (Phi) is 4.00. The molecular formula is C15H20FNO. The minimum Gasteiger partial charge on any atom is -0.349 e.